The molecular formula is C22H22N4O2S. The highest BCUT2D eigenvalue weighted by atomic mass is 32.2. The Balaban J connectivity index is 1.46. The smallest absolute Gasteiger partial charge is 0.237 e. The molecule has 1 aromatic heterocycles. The second-order valence-electron chi connectivity index (χ2n) is 7.16. The molecule has 0 spiro atoms. The Morgan fingerprint density at radius 2 is 1.79 bits per heavy atom. The number of benzene rings is 2. The molecule has 1 aliphatic carbocycles. The number of anilines is 1. The second kappa shape index (κ2) is 8.21. The lowest BCUT2D eigenvalue weighted by Gasteiger charge is -2.10. The van der Waals surface area contributed by atoms with E-state index in [0.29, 0.717) is 22.3 Å². The Morgan fingerprint density at radius 1 is 1.10 bits per heavy atom. The molecule has 1 aliphatic rings. The topological polar surface area (TPSA) is 76.9 Å². The lowest BCUT2D eigenvalue weighted by molar-refractivity contribution is -0.115. The number of aromatic nitrogens is 3. The summed E-state index contributed by atoms with van der Waals surface area (Å²) in [6.07, 6.45) is 2.25. The van der Waals surface area contributed by atoms with E-state index >= 15 is 0 Å². The van der Waals surface area contributed by atoms with Gasteiger partial charge < -0.3 is 5.32 Å². The molecule has 0 saturated heterocycles. The van der Waals surface area contributed by atoms with Crippen molar-refractivity contribution in [1.82, 2.24) is 14.8 Å². The number of thioether (sulfide) groups is 1. The maximum Gasteiger partial charge on any atom is 0.237 e. The Kier molecular flexibility index (Phi) is 5.49. The predicted octanol–water partition coefficient (Wildman–Crippen LogP) is 4.47. The lowest BCUT2D eigenvalue weighted by atomic mass is 10.1. The predicted molar refractivity (Wildman–Crippen MR) is 114 cm³/mol. The summed E-state index contributed by atoms with van der Waals surface area (Å²) in [5.41, 5.74) is 2.26. The van der Waals surface area contributed by atoms with Crippen LogP contribution in [0.4, 0.5) is 5.69 Å². The SMILES string of the molecule is CC(=O)c1ccc(NC(=O)[C@H](C)Sc2nc(C3CC3)n(-c3ccccc3)n2)cc1. The minimum atomic E-state index is -0.360. The normalized spacial score (nSPS) is 14.4. The standard InChI is InChI=1S/C22H22N4O2S/c1-14(27)16-10-12-18(13-11-16)23-21(28)15(2)29-22-24-20(17-8-9-17)26(25-22)19-6-4-3-5-7-19/h3-7,10-13,15,17H,8-9H2,1-2H3,(H,23,28)/t15-/m0/s1. The van der Waals surface area contributed by atoms with Crippen LogP contribution >= 0.6 is 11.8 Å². The van der Waals surface area contributed by atoms with E-state index in [9.17, 15) is 9.59 Å². The van der Waals surface area contributed by atoms with Crippen molar-refractivity contribution in [2.24, 2.45) is 0 Å². The van der Waals surface area contributed by atoms with E-state index in [1.54, 1.807) is 24.3 Å². The number of carbonyl (C=O) groups excluding carboxylic acids is 2. The average Bonchev–Trinajstić information content (AvgIpc) is 3.49. The summed E-state index contributed by atoms with van der Waals surface area (Å²) >= 11 is 1.34. The molecule has 29 heavy (non-hydrogen) atoms. The van der Waals surface area contributed by atoms with Gasteiger partial charge in [-0.25, -0.2) is 9.67 Å². The van der Waals surface area contributed by atoms with Gasteiger partial charge in [0.15, 0.2) is 5.78 Å². The van der Waals surface area contributed by atoms with Crippen molar-refractivity contribution >= 4 is 29.1 Å². The van der Waals surface area contributed by atoms with Gasteiger partial charge in [-0.15, -0.1) is 5.10 Å². The summed E-state index contributed by atoms with van der Waals surface area (Å²) in [7, 11) is 0. The fourth-order valence-corrected chi connectivity index (χ4v) is 3.72. The first-order valence-corrected chi connectivity index (χ1v) is 10.5. The van der Waals surface area contributed by atoms with Crippen molar-refractivity contribution in [2.75, 3.05) is 5.32 Å². The third-order valence-corrected chi connectivity index (χ3v) is 5.72. The van der Waals surface area contributed by atoms with Gasteiger partial charge in [0, 0.05) is 17.2 Å². The number of hydrogen-bond acceptors (Lipinski definition) is 5. The Bertz CT molecular complexity index is 1030. The number of nitrogens with one attached hydrogen (secondary N) is 1. The van der Waals surface area contributed by atoms with Crippen LogP contribution in [0.2, 0.25) is 0 Å². The minimum Gasteiger partial charge on any atom is -0.325 e. The number of rotatable bonds is 7. The third-order valence-electron chi connectivity index (χ3n) is 4.77. The highest BCUT2D eigenvalue weighted by Crippen LogP contribution is 2.40. The summed E-state index contributed by atoms with van der Waals surface area (Å²) in [6.45, 7) is 3.35. The van der Waals surface area contributed by atoms with Gasteiger partial charge in [-0.1, -0.05) is 30.0 Å². The van der Waals surface area contributed by atoms with E-state index in [-0.39, 0.29) is 16.9 Å². The van der Waals surface area contributed by atoms with Gasteiger partial charge >= 0.3 is 0 Å². The molecule has 1 amide bonds. The van der Waals surface area contributed by atoms with Gasteiger partial charge in [-0.2, -0.15) is 0 Å². The zero-order valence-electron chi connectivity index (χ0n) is 16.3. The summed E-state index contributed by atoms with van der Waals surface area (Å²) in [6, 6.07) is 16.8. The fraction of sp³-hybridized carbons (Fsp3) is 0.273. The molecule has 0 unspecified atom stereocenters. The van der Waals surface area contributed by atoms with E-state index in [2.05, 4.69) is 10.4 Å². The molecule has 0 bridgehead atoms. The van der Waals surface area contributed by atoms with Crippen LogP contribution in [0.25, 0.3) is 5.69 Å². The van der Waals surface area contributed by atoms with Crippen LogP contribution in [0, 0.1) is 0 Å². The van der Waals surface area contributed by atoms with Gasteiger partial charge in [0.25, 0.3) is 0 Å². The molecule has 1 heterocycles. The molecule has 0 radical (unpaired) electrons. The van der Waals surface area contributed by atoms with Crippen molar-refractivity contribution in [1.29, 1.82) is 0 Å². The van der Waals surface area contributed by atoms with Gasteiger partial charge in [0.1, 0.15) is 5.82 Å². The number of Topliss-reactive ketones (excluding diaryl/α,β-unsaturated/α-hetero) is 1. The summed E-state index contributed by atoms with van der Waals surface area (Å²) in [4.78, 5) is 28.7. The molecule has 0 aliphatic heterocycles. The van der Waals surface area contributed by atoms with Gasteiger partial charge in [0.05, 0.1) is 10.9 Å². The molecule has 7 heteroatoms. The molecule has 148 valence electrons. The lowest BCUT2D eigenvalue weighted by Crippen LogP contribution is -2.22. The van der Waals surface area contributed by atoms with Crippen molar-refractivity contribution in [3.63, 3.8) is 0 Å². The molecular weight excluding hydrogens is 384 g/mol. The Morgan fingerprint density at radius 3 is 2.41 bits per heavy atom. The van der Waals surface area contributed by atoms with Gasteiger partial charge in [0.2, 0.25) is 11.1 Å². The first kappa shape index (κ1) is 19.4. The van der Waals surface area contributed by atoms with Gasteiger partial charge in [-0.05, 0) is 63.1 Å². The monoisotopic (exact) mass is 406 g/mol. The second-order valence-corrected chi connectivity index (χ2v) is 8.47. The van der Waals surface area contributed by atoms with Crippen molar-refractivity contribution in [3.05, 3.63) is 66.0 Å². The minimum absolute atomic E-state index is 0.00153. The van der Waals surface area contributed by atoms with Gasteiger partial charge in [-0.3, -0.25) is 9.59 Å². The molecule has 4 rings (SSSR count). The zero-order valence-corrected chi connectivity index (χ0v) is 17.1. The number of hydrogen-bond donors (Lipinski definition) is 1. The summed E-state index contributed by atoms with van der Waals surface area (Å²) < 4.78 is 1.89. The fourth-order valence-electron chi connectivity index (χ4n) is 2.96. The first-order valence-electron chi connectivity index (χ1n) is 9.62. The van der Waals surface area contributed by atoms with Crippen LogP contribution in [-0.2, 0) is 4.79 Å². The largest absolute Gasteiger partial charge is 0.325 e. The van der Waals surface area contributed by atoms with E-state index < -0.39 is 0 Å². The van der Waals surface area contributed by atoms with Crippen LogP contribution < -0.4 is 5.32 Å². The Labute approximate surface area is 173 Å². The zero-order chi connectivity index (χ0) is 20.4. The summed E-state index contributed by atoms with van der Waals surface area (Å²) in [5, 5.41) is 7.78. The molecule has 6 nitrogen and oxygen atoms in total. The van der Waals surface area contributed by atoms with E-state index in [1.807, 2.05) is 41.9 Å². The molecule has 1 fully saturated rings. The molecule has 3 aromatic rings. The number of carbonyl (C=O) groups is 2. The average molecular weight is 407 g/mol. The van der Waals surface area contributed by atoms with Crippen molar-refractivity contribution in [2.45, 2.75) is 43.0 Å². The number of amides is 1. The maximum absolute atomic E-state index is 12.6. The molecule has 1 saturated carbocycles. The van der Waals surface area contributed by atoms with Crippen molar-refractivity contribution < 1.29 is 9.59 Å². The van der Waals surface area contributed by atoms with Crippen LogP contribution in [0.5, 0.6) is 0 Å². The van der Waals surface area contributed by atoms with E-state index in [1.165, 1.54) is 18.7 Å². The van der Waals surface area contributed by atoms with Crippen LogP contribution in [-0.4, -0.2) is 31.7 Å². The first-order chi connectivity index (χ1) is 14.0. The molecule has 2 aromatic carbocycles. The third kappa shape index (κ3) is 4.56. The van der Waals surface area contributed by atoms with E-state index in [0.717, 1.165) is 24.4 Å². The molecule has 1 N–H and O–H groups in total. The van der Waals surface area contributed by atoms with Crippen LogP contribution in [0.15, 0.2) is 59.8 Å². The van der Waals surface area contributed by atoms with Crippen molar-refractivity contribution in [3.8, 4) is 5.69 Å². The summed E-state index contributed by atoms with van der Waals surface area (Å²) in [5.74, 6) is 1.28. The quantitative estimate of drug-likeness (QED) is 0.463. The maximum atomic E-state index is 12.6. The van der Waals surface area contributed by atoms with E-state index in [4.69, 9.17) is 4.98 Å². The molecule has 1 atom stereocenters. The van der Waals surface area contributed by atoms with Crippen LogP contribution in [0.1, 0.15) is 48.8 Å². The van der Waals surface area contributed by atoms with Crippen LogP contribution in [0.3, 0.4) is 0 Å². The highest BCUT2D eigenvalue weighted by Gasteiger charge is 2.31. The number of nitrogens with zero attached hydrogens (tertiary/aromatic N) is 3. The highest BCUT2D eigenvalue weighted by molar-refractivity contribution is 8.00. The Hall–Kier alpha value is -2.93. The number of para-hydroxylation sites is 1. The number of ketones is 1.